The van der Waals surface area contributed by atoms with Gasteiger partial charge >= 0.3 is 0 Å². The van der Waals surface area contributed by atoms with Crippen molar-refractivity contribution < 1.29 is 9.28 Å². The van der Waals surface area contributed by atoms with Crippen LogP contribution in [0.5, 0.6) is 0 Å². The first-order valence-electron chi connectivity index (χ1n) is 4.61. The lowest BCUT2D eigenvalue weighted by molar-refractivity contribution is -0.874. The highest BCUT2D eigenvalue weighted by molar-refractivity contribution is 5.49. The van der Waals surface area contributed by atoms with Crippen molar-refractivity contribution in [1.29, 1.82) is 0 Å². The minimum absolute atomic E-state index is 0.530. The maximum absolute atomic E-state index is 10.4. The molecule has 2 nitrogen and oxygen atoms in total. The third kappa shape index (κ3) is 5.30. The first kappa shape index (κ1) is 11.6. The Balaban J connectivity index is 4.04. The van der Waals surface area contributed by atoms with Crippen molar-refractivity contribution in [2.24, 2.45) is 11.8 Å². The van der Waals surface area contributed by atoms with E-state index in [9.17, 15) is 4.79 Å². The van der Waals surface area contributed by atoms with Gasteiger partial charge in [-0.25, -0.2) is 0 Å². The zero-order valence-corrected chi connectivity index (χ0v) is 9.00. The minimum Gasteiger partial charge on any atom is -0.331 e. The predicted octanol–water partition coefficient (Wildman–Crippen LogP) is 1.55. The van der Waals surface area contributed by atoms with Gasteiger partial charge in [0, 0.05) is 12.3 Å². The standard InChI is InChI=1S/C10H22NO/c1-9(2)10(6-7-12)8-11(3,4)5/h7,9-10H,6,8H2,1-5H3/q+1. The van der Waals surface area contributed by atoms with Crippen LogP contribution in [0.3, 0.4) is 0 Å². The van der Waals surface area contributed by atoms with Gasteiger partial charge in [0.15, 0.2) is 0 Å². The quantitative estimate of drug-likeness (QED) is 0.454. The van der Waals surface area contributed by atoms with Crippen LogP contribution in [0.4, 0.5) is 0 Å². The van der Waals surface area contributed by atoms with Gasteiger partial charge in [-0.3, -0.25) is 0 Å². The molecule has 0 spiro atoms. The third-order valence-corrected chi connectivity index (χ3v) is 2.12. The molecule has 12 heavy (non-hydrogen) atoms. The Hall–Kier alpha value is -0.370. The Bertz CT molecular complexity index is 135. The van der Waals surface area contributed by atoms with Crippen molar-refractivity contribution in [2.75, 3.05) is 27.7 Å². The summed E-state index contributed by atoms with van der Waals surface area (Å²) >= 11 is 0. The van der Waals surface area contributed by atoms with Gasteiger partial charge in [-0.05, 0) is 5.92 Å². The molecule has 0 aromatic rings. The molecule has 0 rings (SSSR count). The maximum Gasteiger partial charge on any atom is 0.120 e. The Morgan fingerprint density at radius 1 is 1.25 bits per heavy atom. The summed E-state index contributed by atoms with van der Waals surface area (Å²) in [5.74, 6) is 1.13. The molecule has 0 bridgehead atoms. The lowest BCUT2D eigenvalue weighted by Gasteiger charge is -2.30. The van der Waals surface area contributed by atoms with Gasteiger partial charge in [0.1, 0.15) is 6.29 Å². The molecule has 0 aliphatic carbocycles. The molecular formula is C10H22NO+. The second-order valence-electron chi connectivity index (χ2n) is 4.88. The molecule has 2 heteroatoms. The molecule has 0 fully saturated rings. The van der Waals surface area contributed by atoms with E-state index in [0.717, 1.165) is 17.3 Å². The Morgan fingerprint density at radius 3 is 2.00 bits per heavy atom. The summed E-state index contributed by atoms with van der Waals surface area (Å²) in [6.07, 6.45) is 1.74. The third-order valence-electron chi connectivity index (χ3n) is 2.12. The van der Waals surface area contributed by atoms with E-state index in [4.69, 9.17) is 0 Å². The van der Waals surface area contributed by atoms with Crippen LogP contribution in [0, 0.1) is 11.8 Å². The highest BCUT2D eigenvalue weighted by Crippen LogP contribution is 2.16. The van der Waals surface area contributed by atoms with E-state index in [1.165, 1.54) is 0 Å². The van der Waals surface area contributed by atoms with Gasteiger partial charge in [-0.1, -0.05) is 13.8 Å². The fourth-order valence-corrected chi connectivity index (χ4v) is 1.38. The second-order valence-corrected chi connectivity index (χ2v) is 4.88. The smallest absolute Gasteiger partial charge is 0.120 e. The highest BCUT2D eigenvalue weighted by atomic mass is 16.1. The summed E-state index contributed by atoms with van der Waals surface area (Å²) in [6, 6.07) is 0. The second kappa shape index (κ2) is 4.61. The van der Waals surface area contributed by atoms with E-state index in [2.05, 4.69) is 35.0 Å². The van der Waals surface area contributed by atoms with Crippen molar-refractivity contribution >= 4 is 6.29 Å². The average Bonchev–Trinajstić information content (AvgIpc) is 1.83. The Morgan fingerprint density at radius 2 is 1.75 bits per heavy atom. The Kier molecular flexibility index (Phi) is 4.46. The molecule has 72 valence electrons. The van der Waals surface area contributed by atoms with Crippen molar-refractivity contribution in [3.8, 4) is 0 Å². The van der Waals surface area contributed by atoms with Crippen LogP contribution in [-0.2, 0) is 4.79 Å². The van der Waals surface area contributed by atoms with E-state index in [0.29, 0.717) is 18.3 Å². The minimum atomic E-state index is 0.530. The summed E-state index contributed by atoms with van der Waals surface area (Å²) in [5, 5.41) is 0. The number of carbonyl (C=O) groups is 1. The van der Waals surface area contributed by atoms with Crippen LogP contribution in [0.15, 0.2) is 0 Å². The van der Waals surface area contributed by atoms with E-state index in [1.807, 2.05) is 0 Å². The number of aldehydes is 1. The lowest BCUT2D eigenvalue weighted by atomic mass is 9.92. The van der Waals surface area contributed by atoms with E-state index >= 15 is 0 Å². The largest absolute Gasteiger partial charge is 0.331 e. The molecule has 1 unspecified atom stereocenters. The molecule has 0 aliphatic heterocycles. The van der Waals surface area contributed by atoms with Gasteiger partial charge in [0.25, 0.3) is 0 Å². The van der Waals surface area contributed by atoms with Crippen molar-refractivity contribution in [3.05, 3.63) is 0 Å². The van der Waals surface area contributed by atoms with E-state index in [-0.39, 0.29) is 0 Å². The topological polar surface area (TPSA) is 17.1 Å². The number of rotatable bonds is 5. The molecule has 0 heterocycles. The zero-order valence-electron chi connectivity index (χ0n) is 9.00. The molecule has 0 radical (unpaired) electrons. The molecule has 0 saturated heterocycles. The summed E-state index contributed by atoms with van der Waals surface area (Å²) in [6.45, 7) is 5.45. The molecule has 0 aliphatic rings. The highest BCUT2D eigenvalue weighted by Gasteiger charge is 2.20. The first-order valence-corrected chi connectivity index (χ1v) is 4.61. The summed E-state index contributed by atoms with van der Waals surface area (Å²) in [5.41, 5.74) is 0. The SMILES string of the molecule is CC(C)C(CC=O)C[N+](C)(C)C. The number of nitrogens with zero attached hydrogens (tertiary/aromatic N) is 1. The van der Waals surface area contributed by atoms with Gasteiger partial charge in [0.2, 0.25) is 0 Å². The molecule has 0 aromatic heterocycles. The van der Waals surface area contributed by atoms with Crippen LogP contribution in [0.2, 0.25) is 0 Å². The van der Waals surface area contributed by atoms with Crippen LogP contribution >= 0.6 is 0 Å². The van der Waals surface area contributed by atoms with Gasteiger partial charge in [-0.2, -0.15) is 0 Å². The molecule has 0 saturated carbocycles. The lowest BCUT2D eigenvalue weighted by Crippen LogP contribution is -2.40. The summed E-state index contributed by atoms with van der Waals surface area (Å²) < 4.78 is 0.941. The van der Waals surface area contributed by atoms with Crippen LogP contribution in [-0.4, -0.2) is 38.5 Å². The predicted molar refractivity (Wildman–Crippen MR) is 51.9 cm³/mol. The van der Waals surface area contributed by atoms with Gasteiger partial charge < -0.3 is 9.28 Å². The normalized spacial score (nSPS) is 14.8. The summed E-state index contributed by atoms with van der Waals surface area (Å²) in [7, 11) is 6.50. The van der Waals surface area contributed by atoms with Crippen molar-refractivity contribution in [1.82, 2.24) is 0 Å². The Labute approximate surface area is 76.2 Å². The average molecular weight is 172 g/mol. The zero-order chi connectivity index (χ0) is 9.78. The molecule has 0 amide bonds. The van der Waals surface area contributed by atoms with Crippen molar-refractivity contribution in [2.45, 2.75) is 20.3 Å². The van der Waals surface area contributed by atoms with Crippen LogP contribution < -0.4 is 0 Å². The van der Waals surface area contributed by atoms with Gasteiger partial charge in [-0.15, -0.1) is 0 Å². The van der Waals surface area contributed by atoms with Gasteiger partial charge in [0.05, 0.1) is 27.7 Å². The fraction of sp³-hybridized carbons (Fsp3) is 0.900. The first-order chi connectivity index (χ1) is 5.37. The maximum atomic E-state index is 10.4. The van der Waals surface area contributed by atoms with E-state index < -0.39 is 0 Å². The number of hydrogen-bond donors (Lipinski definition) is 0. The molecule has 0 aromatic carbocycles. The van der Waals surface area contributed by atoms with Crippen LogP contribution in [0.1, 0.15) is 20.3 Å². The number of hydrogen-bond acceptors (Lipinski definition) is 1. The number of quaternary nitrogens is 1. The van der Waals surface area contributed by atoms with Crippen molar-refractivity contribution in [3.63, 3.8) is 0 Å². The number of carbonyl (C=O) groups excluding carboxylic acids is 1. The molecule has 0 N–H and O–H groups in total. The molecular weight excluding hydrogens is 150 g/mol. The summed E-state index contributed by atoms with van der Waals surface area (Å²) in [4.78, 5) is 10.4. The fourth-order valence-electron chi connectivity index (χ4n) is 1.38. The molecule has 1 atom stereocenters. The van der Waals surface area contributed by atoms with Crippen LogP contribution in [0.25, 0.3) is 0 Å². The van der Waals surface area contributed by atoms with E-state index in [1.54, 1.807) is 0 Å². The monoisotopic (exact) mass is 172 g/mol.